The smallest absolute Gasteiger partial charge is 0.0948 e. The van der Waals surface area contributed by atoms with Gasteiger partial charge in [-0.05, 0) is 18.3 Å². The average Bonchev–Trinajstić information content (AvgIpc) is 2.83. The third-order valence-electron chi connectivity index (χ3n) is 4.18. The molecule has 0 aliphatic carbocycles. The van der Waals surface area contributed by atoms with Crippen LogP contribution >= 0.6 is 0 Å². The van der Waals surface area contributed by atoms with Gasteiger partial charge in [-0.15, -0.1) is 0 Å². The van der Waals surface area contributed by atoms with Crippen LogP contribution in [0.25, 0.3) is 0 Å². The van der Waals surface area contributed by atoms with E-state index in [4.69, 9.17) is 5.73 Å². The van der Waals surface area contributed by atoms with Crippen LogP contribution in [-0.4, -0.2) is 16.1 Å². The predicted octanol–water partition coefficient (Wildman–Crippen LogP) is 3.80. The van der Waals surface area contributed by atoms with Gasteiger partial charge in [-0.3, -0.25) is 0 Å². The fourth-order valence-electron chi connectivity index (χ4n) is 2.72. The molecule has 0 spiro atoms. The van der Waals surface area contributed by atoms with Gasteiger partial charge in [0, 0.05) is 30.9 Å². The first kappa shape index (κ1) is 16.2. The van der Waals surface area contributed by atoms with E-state index in [0.29, 0.717) is 18.4 Å². The lowest BCUT2D eigenvalue weighted by Crippen LogP contribution is -2.22. The Hall–Kier alpha value is -0.830. The fourth-order valence-corrected chi connectivity index (χ4v) is 2.72. The molecule has 1 aromatic heterocycles. The molecule has 2 unspecified atom stereocenters. The van der Waals surface area contributed by atoms with E-state index in [2.05, 4.69) is 37.2 Å². The average molecular weight is 265 g/mol. The molecule has 0 bridgehead atoms. The molecular weight excluding hydrogens is 234 g/mol. The molecule has 2 N–H and O–H groups in total. The third-order valence-corrected chi connectivity index (χ3v) is 4.18. The maximum atomic E-state index is 5.94. The second-order valence-corrected chi connectivity index (χ2v) is 5.97. The van der Waals surface area contributed by atoms with Crippen molar-refractivity contribution in [2.45, 2.75) is 65.8 Å². The third kappa shape index (κ3) is 4.64. The zero-order chi connectivity index (χ0) is 14.3. The maximum absolute atomic E-state index is 5.94. The van der Waals surface area contributed by atoms with E-state index >= 15 is 0 Å². The number of nitrogens with zero attached hydrogens (tertiary/aromatic N) is 2. The summed E-state index contributed by atoms with van der Waals surface area (Å²) in [7, 11) is 0. The van der Waals surface area contributed by atoms with Gasteiger partial charge in [-0.2, -0.15) is 0 Å². The highest BCUT2D eigenvalue weighted by atomic mass is 15.1. The largest absolute Gasteiger partial charge is 0.334 e. The summed E-state index contributed by atoms with van der Waals surface area (Å²) in [6.45, 7) is 10.8. The number of hydrogen-bond donors (Lipinski definition) is 1. The Labute approximate surface area is 118 Å². The van der Waals surface area contributed by atoms with Crippen molar-refractivity contribution in [3.63, 3.8) is 0 Å². The molecule has 0 radical (unpaired) electrons. The normalized spacial score (nSPS) is 14.8. The standard InChI is InChI=1S/C16H31N3/c1-5-7-8-14(6-2)11-19-12-18-10-16(19)15(9-17)13(3)4/h10,12-15H,5-9,11,17H2,1-4H3. The van der Waals surface area contributed by atoms with Crippen LogP contribution in [0.2, 0.25) is 0 Å². The van der Waals surface area contributed by atoms with Gasteiger partial charge >= 0.3 is 0 Å². The van der Waals surface area contributed by atoms with E-state index in [0.717, 1.165) is 12.5 Å². The van der Waals surface area contributed by atoms with Crippen LogP contribution in [0.15, 0.2) is 12.5 Å². The van der Waals surface area contributed by atoms with Crippen molar-refractivity contribution in [3.05, 3.63) is 18.2 Å². The second-order valence-electron chi connectivity index (χ2n) is 5.97. The Morgan fingerprint density at radius 1 is 1.32 bits per heavy atom. The summed E-state index contributed by atoms with van der Waals surface area (Å²) >= 11 is 0. The van der Waals surface area contributed by atoms with E-state index in [9.17, 15) is 0 Å². The second kappa shape index (κ2) is 8.36. The summed E-state index contributed by atoms with van der Waals surface area (Å²) in [5, 5.41) is 0. The summed E-state index contributed by atoms with van der Waals surface area (Å²) in [5.74, 6) is 1.75. The maximum Gasteiger partial charge on any atom is 0.0948 e. The highest BCUT2D eigenvalue weighted by molar-refractivity contribution is 5.08. The van der Waals surface area contributed by atoms with Gasteiger partial charge in [0.2, 0.25) is 0 Å². The number of unbranched alkanes of at least 4 members (excludes halogenated alkanes) is 1. The molecule has 0 saturated heterocycles. The zero-order valence-electron chi connectivity index (χ0n) is 13.1. The van der Waals surface area contributed by atoms with Gasteiger partial charge in [0.25, 0.3) is 0 Å². The molecule has 0 saturated carbocycles. The monoisotopic (exact) mass is 265 g/mol. The van der Waals surface area contributed by atoms with Gasteiger partial charge in [-0.1, -0.05) is 47.0 Å². The fraction of sp³-hybridized carbons (Fsp3) is 0.812. The Morgan fingerprint density at radius 3 is 2.58 bits per heavy atom. The SMILES string of the molecule is CCCCC(CC)Cn1cncc1C(CN)C(C)C. The van der Waals surface area contributed by atoms with E-state index < -0.39 is 0 Å². The van der Waals surface area contributed by atoms with Gasteiger partial charge in [0.05, 0.1) is 6.33 Å². The minimum atomic E-state index is 0.422. The van der Waals surface area contributed by atoms with Crippen LogP contribution in [0.5, 0.6) is 0 Å². The number of aromatic nitrogens is 2. The molecule has 1 aromatic rings. The lowest BCUT2D eigenvalue weighted by molar-refractivity contribution is 0.372. The van der Waals surface area contributed by atoms with Crippen molar-refractivity contribution in [2.24, 2.45) is 17.6 Å². The first-order valence-corrected chi connectivity index (χ1v) is 7.84. The summed E-state index contributed by atoms with van der Waals surface area (Å²) in [6, 6.07) is 0. The molecule has 0 amide bonds. The Morgan fingerprint density at radius 2 is 2.05 bits per heavy atom. The first-order valence-electron chi connectivity index (χ1n) is 7.84. The van der Waals surface area contributed by atoms with Gasteiger partial charge in [0.1, 0.15) is 0 Å². The molecule has 0 fully saturated rings. The number of nitrogens with two attached hydrogens (primary N) is 1. The minimum Gasteiger partial charge on any atom is -0.334 e. The zero-order valence-corrected chi connectivity index (χ0v) is 13.1. The molecular formula is C16H31N3. The lowest BCUT2D eigenvalue weighted by Gasteiger charge is -2.23. The molecule has 3 heteroatoms. The van der Waals surface area contributed by atoms with Crippen molar-refractivity contribution >= 4 is 0 Å². The van der Waals surface area contributed by atoms with Crippen molar-refractivity contribution in [1.82, 2.24) is 9.55 Å². The van der Waals surface area contributed by atoms with Crippen molar-refractivity contribution in [1.29, 1.82) is 0 Å². The number of imidazole rings is 1. The lowest BCUT2D eigenvalue weighted by atomic mass is 9.92. The van der Waals surface area contributed by atoms with E-state index in [-0.39, 0.29) is 0 Å². The highest BCUT2D eigenvalue weighted by Gasteiger charge is 2.19. The van der Waals surface area contributed by atoms with Crippen LogP contribution in [0.4, 0.5) is 0 Å². The molecule has 0 aliphatic rings. The summed E-state index contributed by atoms with van der Waals surface area (Å²) in [5.41, 5.74) is 7.25. The topological polar surface area (TPSA) is 43.8 Å². The van der Waals surface area contributed by atoms with Crippen LogP contribution in [0.1, 0.15) is 65.0 Å². The van der Waals surface area contributed by atoms with Crippen molar-refractivity contribution in [2.75, 3.05) is 6.54 Å². The first-order chi connectivity index (χ1) is 9.13. The molecule has 2 atom stereocenters. The van der Waals surface area contributed by atoms with Crippen LogP contribution in [-0.2, 0) is 6.54 Å². The molecule has 110 valence electrons. The van der Waals surface area contributed by atoms with Crippen molar-refractivity contribution < 1.29 is 0 Å². The van der Waals surface area contributed by atoms with Gasteiger partial charge in [-0.25, -0.2) is 4.98 Å². The molecule has 0 aromatic carbocycles. The van der Waals surface area contributed by atoms with Gasteiger partial charge < -0.3 is 10.3 Å². The Kier molecular flexibility index (Phi) is 7.14. The number of rotatable bonds is 9. The van der Waals surface area contributed by atoms with Crippen LogP contribution < -0.4 is 5.73 Å². The minimum absolute atomic E-state index is 0.422. The van der Waals surface area contributed by atoms with Crippen LogP contribution in [0, 0.1) is 11.8 Å². The van der Waals surface area contributed by atoms with E-state index in [1.54, 1.807) is 0 Å². The summed E-state index contributed by atoms with van der Waals surface area (Å²) < 4.78 is 2.33. The highest BCUT2D eigenvalue weighted by Crippen LogP contribution is 2.25. The quantitative estimate of drug-likeness (QED) is 0.738. The molecule has 19 heavy (non-hydrogen) atoms. The summed E-state index contributed by atoms with van der Waals surface area (Å²) in [4.78, 5) is 4.35. The van der Waals surface area contributed by atoms with E-state index in [1.165, 1.54) is 31.4 Å². The Bertz CT molecular complexity index is 344. The summed E-state index contributed by atoms with van der Waals surface area (Å²) in [6.07, 6.45) is 9.16. The molecule has 1 rings (SSSR count). The molecule has 0 aliphatic heterocycles. The number of hydrogen-bond acceptors (Lipinski definition) is 2. The molecule has 1 heterocycles. The Balaban J connectivity index is 2.75. The van der Waals surface area contributed by atoms with Crippen LogP contribution in [0.3, 0.4) is 0 Å². The van der Waals surface area contributed by atoms with Gasteiger partial charge in [0.15, 0.2) is 0 Å². The van der Waals surface area contributed by atoms with Crippen molar-refractivity contribution in [3.8, 4) is 0 Å². The van der Waals surface area contributed by atoms with E-state index in [1.807, 2.05) is 12.5 Å². The molecule has 3 nitrogen and oxygen atoms in total. The predicted molar refractivity (Wildman–Crippen MR) is 82.2 cm³/mol.